The van der Waals surface area contributed by atoms with Gasteiger partial charge in [0.05, 0.1) is 12.2 Å². The highest BCUT2D eigenvalue weighted by Gasteiger charge is 2.10. The number of allylic oxidation sites excluding steroid dienone is 1. The quantitative estimate of drug-likeness (QED) is 0.709. The number of carboxylic acids is 1. The summed E-state index contributed by atoms with van der Waals surface area (Å²) in [5, 5.41) is 17.7. The van der Waals surface area contributed by atoms with Crippen molar-refractivity contribution in [3.05, 3.63) is 42.0 Å². The second kappa shape index (κ2) is 6.70. The maximum Gasteiger partial charge on any atom is 0.335 e. The van der Waals surface area contributed by atoms with E-state index >= 15 is 0 Å². The fraction of sp³-hybridized carbons (Fsp3) is 0.308. The smallest absolute Gasteiger partial charge is 0.335 e. The summed E-state index contributed by atoms with van der Waals surface area (Å²) < 4.78 is 5.24. The molecule has 0 radical (unpaired) electrons. The Kier molecular flexibility index (Phi) is 5.23. The third kappa shape index (κ3) is 3.92. The van der Waals surface area contributed by atoms with Crippen LogP contribution in [0, 0.1) is 0 Å². The maximum absolute atomic E-state index is 11.0. The van der Waals surface area contributed by atoms with Gasteiger partial charge in [0, 0.05) is 0 Å². The second-order valence-electron chi connectivity index (χ2n) is 3.52. The van der Waals surface area contributed by atoms with Crippen LogP contribution in [0.1, 0.15) is 22.3 Å². The van der Waals surface area contributed by atoms with E-state index in [1.807, 2.05) is 0 Å². The van der Waals surface area contributed by atoms with Crippen molar-refractivity contribution in [3.63, 3.8) is 0 Å². The maximum atomic E-state index is 11.0. The molecule has 0 bridgehead atoms. The van der Waals surface area contributed by atoms with Gasteiger partial charge in [-0.2, -0.15) is 0 Å². The molecule has 4 heteroatoms. The molecule has 0 amide bonds. The van der Waals surface area contributed by atoms with E-state index in [1.165, 1.54) is 6.07 Å². The van der Waals surface area contributed by atoms with Gasteiger partial charge in [-0.25, -0.2) is 4.79 Å². The lowest BCUT2D eigenvalue weighted by molar-refractivity contribution is 0.0695. The number of aliphatic hydroxyl groups excluding tert-OH is 1. The Morgan fingerprint density at radius 2 is 2.24 bits per heavy atom. The number of carbonyl (C=O) groups is 1. The molecule has 0 aliphatic carbocycles. The van der Waals surface area contributed by atoms with Crippen molar-refractivity contribution in [2.24, 2.45) is 0 Å². The van der Waals surface area contributed by atoms with Crippen molar-refractivity contribution >= 4 is 5.97 Å². The van der Waals surface area contributed by atoms with Gasteiger partial charge >= 0.3 is 5.97 Å². The Morgan fingerprint density at radius 3 is 2.82 bits per heavy atom. The van der Waals surface area contributed by atoms with Crippen LogP contribution < -0.4 is 4.74 Å². The molecule has 0 aliphatic heterocycles. The molecule has 0 saturated carbocycles. The first-order valence-corrected chi connectivity index (χ1v) is 5.39. The molecule has 1 aromatic carbocycles. The van der Waals surface area contributed by atoms with Crippen LogP contribution in [-0.2, 0) is 6.42 Å². The monoisotopic (exact) mass is 236 g/mol. The van der Waals surface area contributed by atoms with Crippen LogP contribution in [-0.4, -0.2) is 29.4 Å². The molecule has 0 saturated heterocycles. The molecular weight excluding hydrogens is 220 g/mol. The zero-order valence-corrected chi connectivity index (χ0v) is 9.56. The summed E-state index contributed by atoms with van der Waals surface area (Å²) in [5.74, 6) is -0.374. The Labute approximate surface area is 100 Å². The molecule has 4 nitrogen and oxygen atoms in total. The van der Waals surface area contributed by atoms with Crippen LogP contribution in [0.15, 0.2) is 30.9 Å². The summed E-state index contributed by atoms with van der Waals surface area (Å²) >= 11 is 0. The highest BCUT2D eigenvalue weighted by molar-refractivity contribution is 5.89. The molecule has 0 aromatic heterocycles. The van der Waals surface area contributed by atoms with Gasteiger partial charge in [0.25, 0.3) is 0 Å². The fourth-order valence-electron chi connectivity index (χ4n) is 1.50. The van der Waals surface area contributed by atoms with Gasteiger partial charge in [-0.05, 0) is 36.6 Å². The first-order chi connectivity index (χ1) is 8.19. The molecule has 92 valence electrons. The first kappa shape index (κ1) is 13.3. The zero-order chi connectivity index (χ0) is 12.7. The van der Waals surface area contributed by atoms with E-state index in [4.69, 9.17) is 14.9 Å². The van der Waals surface area contributed by atoms with E-state index in [-0.39, 0.29) is 18.8 Å². The van der Waals surface area contributed by atoms with Crippen LogP contribution in [0.3, 0.4) is 0 Å². The number of benzene rings is 1. The molecule has 0 atom stereocenters. The summed E-state index contributed by atoms with van der Waals surface area (Å²) in [5.41, 5.74) is 0.996. The summed E-state index contributed by atoms with van der Waals surface area (Å²) in [6.45, 7) is 3.75. The van der Waals surface area contributed by atoms with E-state index in [1.54, 1.807) is 18.2 Å². The number of aromatic carboxylic acids is 1. The number of hydrogen-bond acceptors (Lipinski definition) is 3. The van der Waals surface area contributed by atoms with Gasteiger partial charge in [0.2, 0.25) is 0 Å². The van der Waals surface area contributed by atoms with Crippen molar-refractivity contribution in [2.45, 2.75) is 12.8 Å². The van der Waals surface area contributed by atoms with E-state index < -0.39 is 5.97 Å². The van der Waals surface area contributed by atoms with Crippen LogP contribution in [0.25, 0.3) is 0 Å². The molecule has 2 N–H and O–H groups in total. The third-order valence-electron chi connectivity index (χ3n) is 2.28. The molecular formula is C13H16O4. The number of aliphatic hydroxyl groups is 1. The Bertz CT molecular complexity index is 398. The lowest BCUT2D eigenvalue weighted by atomic mass is 10.0. The van der Waals surface area contributed by atoms with Crippen molar-refractivity contribution in [2.75, 3.05) is 13.2 Å². The lowest BCUT2D eigenvalue weighted by Crippen LogP contribution is -2.05. The number of aryl methyl sites for hydroxylation is 1. The van der Waals surface area contributed by atoms with E-state index in [0.717, 1.165) is 0 Å². The van der Waals surface area contributed by atoms with Gasteiger partial charge in [-0.1, -0.05) is 6.08 Å². The molecule has 0 heterocycles. The first-order valence-electron chi connectivity index (χ1n) is 5.39. The molecule has 0 fully saturated rings. The Hall–Kier alpha value is -1.81. The molecule has 1 aromatic rings. The minimum absolute atomic E-state index is 0.0668. The van der Waals surface area contributed by atoms with Crippen molar-refractivity contribution < 1.29 is 19.7 Å². The molecule has 0 unspecified atom stereocenters. The molecule has 1 rings (SSSR count). The van der Waals surface area contributed by atoms with E-state index in [9.17, 15) is 4.79 Å². The van der Waals surface area contributed by atoms with E-state index in [2.05, 4.69) is 6.58 Å². The largest absolute Gasteiger partial charge is 0.491 e. The average Bonchev–Trinajstić information content (AvgIpc) is 2.33. The Balaban J connectivity index is 2.92. The zero-order valence-electron chi connectivity index (χ0n) is 9.56. The van der Waals surface area contributed by atoms with Crippen molar-refractivity contribution in [3.8, 4) is 5.75 Å². The highest BCUT2D eigenvalue weighted by Crippen LogP contribution is 2.19. The molecule has 0 aliphatic rings. The van der Waals surface area contributed by atoms with Crippen LogP contribution in [0.5, 0.6) is 5.75 Å². The van der Waals surface area contributed by atoms with Crippen molar-refractivity contribution in [1.29, 1.82) is 0 Å². The normalized spacial score (nSPS) is 9.94. The van der Waals surface area contributed by atoms with Crippen LogP contribution in [0.4, 0.5) is 0 Å². The lowest BCUT2D eigenvalue weighted by Gasteiger charge is -2.09. The summed E-state index contributed by atoms with van der Waals surface area (Å²) in [7, 11) is 0. The molecule has 17 heavy (non-hydrogen) atoms. The predicted octanol–water partition coefficient (Wildman–Crippen LogP) is 1.87. The number of carboxylic acid groups (broad SMARTS) is 1. The number of hydrogen-bond donors (Lipinski definition) is 2. The van der Waals surface area contributed by atoms with Gasteiger partial charge in [0.15, 0.2) is 0 Å². The summed E-state index contributed by atoms with van der Waals surface area (Å²) in [6.07, 6.45) is 3.07. The van der Waals surface area contributed by atoms with Crippen LogP contribution >= 0.6 is 0 Å². The fourth-order valence-corrected chi connectivity index (χ4v) is 1.50. The topological polar surface area (TPSA) is 66.8 Å². The minimum atomic E-state index is -0.947. The standard InChI is InChI=1S/C13H16O4/c1-2-3-4-10-9-11(17-8-7-14)5-6-12(10)13(15)16/h2,5-6,9,14H,1,3-4,7-8H2,(H,15,16). The van der Waals surface area contributed by atoms with Crippen molar-refractivity contribution in [1.82, 2.24) is 0 Å². The predicted molar refractivity (Wildman–Crippen MR) is 64.5 cm³/mol. The van der Waals surface area contributed by atoms with Gasteiger partial charge in [-0.3, -0.25) is 0 Å². The summed E-state index contributed by atoms with van der Waals surface area (Å²) in [6, 6.07) is 4.81. The average molecular weight is 236 g/mol. The third-order valence-corrected chi connectivity index (χ3v) is 2.28. The van der Waals surface area contributed by atoms with Gasteiger partial charge in [-0.15, -0.1) is 6.58 Å². The number of rotatable bonds is 7. The van der Waals surface area contributed by atoms with Gasteiger partial charge in [0.1, 0.15) is 12.4 Å². The van der Waals surface area contributed by atoms with Gasteiger partial charge < -0.3 is 14.9 Å². The second-order valence-corrected chi connectivity index (χ2v) is 3.52. The van der Waals surface area contributed by atoms with Crippen LogP contribution in [0.2, 0.25) is 0 Å². The Morgan fingerprint density at radius 1 is 1.47 bits per heavy atom. The number of ether oxygens (including phenoxy) is 1. The highest BCUT2D eigenvalue weighted by atomic mass is 16.5. The van der Waals surface area contributed by atoms with E-state index in [0.29, 0.717) is 24.2 Å². The minimum Gasteiger partial charge on any atom is -0.491 e. The summed E-state index contributed by atoms with van der Waals surface area (Å²) in [4.78, 5) is 11.0. The molecule has 0 spiro atoms. The SMILES string of the molecule is C=CCCc1cc(OCCO)ccc1C(=O)O.